The van der Waals surface area contributed by atoms with Crippen molar-refractivity contribution in [3.8, 4) is 22.9 Å². The van der Waals surface area contributed by atoms with E-state index in [1.807, 2.05) is 36.4 Å². The molecule has 19 heavy (non-hydrogen) atoms. The van der Waals surface area contributed by atoms with E-state index in [0.29, 0.717) is 11.8 Å². The summed E-state index contributed by atoms with van der Waals surface area (Å²) in [5, 5.41) is 8.22. The quantitative estimate of drug-likeness (QED) is 0.689. The number of hydrogen-bond acceptors (Lipinski definition) is 3. The number of benzene rings is 2. The summed E-state index contributed by atoms with van der Waals surface area (Å²) in [6.45, 7) is 4.16. The van der Waals surface area contributed by atoms with Gasteiger partial charge in [-0.25, -0.2) is 0 Å². The molecule has 0 saturated heterocycles. The molecule has 0 bridgehead atoms. The third kappa shape index (κ3) is 2.27. The second kappa shape index (κ2) is 4.69. The summed E-state index contributed by atoms with van der Waals surface area (Å²) >= 11 is 0. The molecule has 3 rings (SSSR count). The average molecular weight is 250 g/mol. The normalized spacial score (nSPS) is 10.6. The van der Waals surface area contributed by atoms with Crippen LogP contribution in [0.5, 0.6) is 0 Å². The molecule has 0 aliphatic rings. The van der Waals surface area contributed by atoms with Crippen LogP contribution in [0.15, 0.2) is 52.9 Å². The van der Waals surface area contributed by atoms with Gasteiger partial charge in [-0.3, -0.25) is 0 Å². The van der Waals surface area contributed by atoms with Crippen LogP contribution >= 0.6 is 0 Å². The first-order chi connectivity index (χ1) is 9.24. The topological polar surface area (TPSA) is 38.9 Å². The lowest BCUT2D eigenvalue weighted by atomic mass is 10.1. The van der Waals surface area contributed by atoms with Crippen molar-refractivity contribution in [3.05, 3.63) is 59.7 Å². The van der Waals surface area contributed by atoms with Gasteiger partial charge in [-0.05, 0) is 49.2 Å². The summed E-state index contributed by atoms with van der Waals surface area (Å²) in [6.07, 6.45) is 0. The Bertz CT molecular complexity index is 702. The van der Waals surface area contributed by atoms with Crippen molar-refractivity contribution in [2.45, 2.75) is 13.8 Å². The molecule has 3 heteroatoms. The Morgan fingerprint density at radius 1 is 0.737 bits per heavy atom. The molecule has 1 heterocycles. The maximum atomic E-state index is 5.73. The summed E-state index contributed by atoms with van der Waals surface area (Å²) < 4.78 is 5.73. The largest absolute Gasteiger partial charge is 0.416 e. The Kier molecular flexibility index (Phi) is 2.88. The van der Waals surface area contributed by atoms with Crippen molar-refractivity contribution in [2.75, 3.05) is 0 Å². The predicted molar refractivity (Wildman–Crippen MR) is 74.6 cm³/mol. The number of rotatable bonds is 2. The Balaban J connectivity index is 1.99. The molecule has 0 fully saturated rings. The molecule has 1 aromatic heterocycles. The van der Waals surface area contributed by atoms with Crippen LogP contribution in [0, 0.1) is 13.8 Å². The molecule has 2 aromatic carbocycles. The fourth-order valence-corrected chi connectivity index (χ4v) is 1.91. The molecule has 0 saturated carbocycles. The number of nitrogens with zero attached hydrogens (tertiary/aromatic N) is 2. The number of aryl methyl sites for hydroxylation is 2. The lowest BCUT2D eigenvalue weighted by molar-refractivity contribution is 0.584. The predicted octanol–water partition coefficient (Wildman–Crippen LogP) is 4.02. The van der Waals surface area contributed by atoms with E-state index >= 15 is 0 Å². The second-order valence-electron chi connectivity index (χ2n) is 4.58. The highest BCUT2D eigenvalue weighted by Gasteiger charge is 2.10. The van der Waals surface area contributed by atoms with Crippen molar-refractivity contribution in [1.29, 1.82) is 0 Å². The molecule has 0 spiro atoms. The molecule has 0 aliphatic carbocycles. The Labute approximate surface area is 111 Å². The average Bonchev–Trinajstić information content (AvgIpc) is 2.93. The van der Waals surface area contributed by atoms with E-state index in [9.17, 15) is 0 Å². The van der Waals surface area contributed by atoms with Gasteiger partial charge >= 0.3 is 0 Å². The van der Waals surface area contributed by atoms with E-state index in [1.165, 1.54) is 11.1 Å². The molecule has 3 aromatic rings. The maximum Gasteiger partial charge on any atom is 0.248 e. The van der Waals surface area contributed by atoms with Crippen molar-refractivity contribution in [3.63, 3.8) is 0 Å². The van der Waals surface area contributed by atoms with Crippen molar-refractivity contribution in [2.24, 2.45) is 0 Å². The fraction of sp³-hybridized carbons (Fsp3) is 0.125. The van der Waals surface area contributed by atoms with Gasteiger partial charge in [-0.15, -0.1) is 10.2 Å². The smallest absolute Gasteiger partial charge is 0.248 e. The van der Waals surface area contributed by atoms with Crippen LogP contribution < -0.4 is 0 Å². The zero-order chi connectivity index (χ0) is 13.2. The van der Waals surface area contributed by atoms with Gasteiger partial charge in [0.2, 0.25) is 11.8 Å². The van der Waals surface area contributed by atoms with Gasteiger partial charge in [0.15, 0.2) is 0 Å². The molecule has 0 N–H and O–H groups in total. The minimum Gasteiger partial charge on any atom is -0.416 e. The zero-order valence-electron chi connectivity index (χ0n) is 10.9. The van der Waals surface area contributed by atoms with Crippen LogP contribution in [0.4, 0.5) is 0 Å². The van der Waals surface area contributed by atoms with Crippen molar-refractivity contribution in [1.82, 2.24) is 10.2 Å². The highest BCUT2D eigenvalue weighted by atomic mass is 16.4. The summed E-state index contributed by atoms with van der Waals surface area (Å²) in [6, 6.07) is 15.9. The highest BCUT2D eigenvalue weighted by Crippen LogP contribution is 2.24. The van der Waals surface area contributed by atoms with Crippen molar-refractivity contribution >= 4 is 0 Å². The molecule has 0 aliphatic heterocycles. The molecular weight excluding hydrogens is 236 g/mol. The first-order valence-electron chi connectivity index (χ1n) is 6.20. The van der Waals surface area contributed by atoms with E-state index in [4.69, 9.17) is 4.42 Å². The standard InChI is InChI=1S/C16H14N2O/c1-11-8-9-14(10-12(11)2)16-18-17-15(19-16)13-6-4-3-5-7-13/h3-10H,1-2H3. The molecule has 94 valence electrons. The first kappa shape index (κ1) is 11.7. The summed E-state index contributed by atoms with van der Waals surface area (Å²) in [4.78, 5) is 0. The molecule has 0 amide bonds. The second-order valence-corrected chi connectivity index (χ2v) is 4.58. The minimum atomic E-state index is 0.550. The van der Waals surface area contributed by atoms with Gasteiger partial charge < -0.3 is 4.42 Å². The maximum absolute atomic E-state index is 5.73. The third-order valence-corrected chi connectivity index (χ3v) is 3.20. The van der Waals surface area contributed by atoms with Gasteiger partial charge in [0.25, 0.3) is 0 Å². The van der Waals surface area contributed by atoms with E-state index in [-0.39, 0.29) is 0 Å². The number of hydrogen-bond donors (Lipinski definition) is 0. The van der Waals surface area contributed by atoms with E-state index < -0.39 is 0 Å². The van der Waals surface area contributed by atoms with Gasteiger partial charge in [0.1, 0.15) is 0 Å². The van der Waals surface area contributed by atoms with Crippen LogP contribution in [0.1, 0.15) is 11.1 Å². The summed E-state index contributed by atoms with van der Waals surface area (Å²) in [5.74, 6) is 1.11. The van der Waals surface area contributed by atoms with Crippen molar-refractivity contribution < 1.29 is 4.42 Å². The first-order valence-corrected chi connectivity index (χ1v) is 6.20. The van der Waals surface area contributed by atoms with Gasteiger partial charge in [0, 0.05) is 11.1 Å². The SMILES string of the molecule is Cc1ccc(-c2nnc(-c3ccccc3)o2)cc1C. The Morgan fingerprint density at radius 3 is 2.11 bits per heavy atom. The third-order valence-electron chi connectivity index (χ3n) is 3.20. The molecule has 0 radical (unpaired) electrons. The van der Waals surface area contributed by atoms with E-state index in [2.05, 4.69) is 36.2 Å². The van der Waals surface area contributed by atoms with Crippen LogP contribution in [0.25, 0.3) is 22.9 Å². The molecular formula is C16H14N2O. The summed E-state index contributed by atoms with van der Waals surface area (Å²) in [7, 11) is 0. The number of aromatic nitrogens is 2. The lowest BCUT2D eigenvalue weighted by Gasteiger charge is -2.00. The van der Waals surface area contributed by atoms with Crippen LogP contribution in [0.2, 0.25) is 0 Å². The van der Waals surface area contributed by atoms with Gasteiger partial charge in [0.05, 0.1) is 0 Å². The minimum absolute atomic E-state index is 0.550. The van der Waals surface area contributed by atoms with Crippen LogP contribution in [0.3, 0.4) is 0 Å². The zero-order valence-corrected chi connectivity index (χ0v) is 10.9. The van der Waals surface area contributed by atoms with Crippen LogP contribution in [-0.2, 0) is 0 Å². The Hall–Kier alpha value is -2.42. The fourth-order valence-electron chi connectivity index (χ4n) is 1.91. The molecule has 3 nitrogen and oxygen atoms in total. The van der Waals surface area contributed by atoms with Gasteiger partial charge in [-0.2, -0.15) is 0 Å². The van der Waals surface area contributed by atoms with Crippen LogP contribution in [-0.4, -0.2) is 10.2 Å². The monoisotopic (exact) mass is 250 g/mol. The molecule has 0 unspecified atom stereocenters. The highest BCUT2D eigenvalue weighted by molar-refractivity contribution is 5.59. The lowest BCUT2D eigenvalue weighted by Crippen LogP contribution is -1.83. The van der Waals surface area contributed by atoms with E-state index in [0.717, 1.165) is 11.1 Å². The Morgan fingerprint density at radius 2 is 1.42 bits per heavy atom. The van der Waals surface area contributed by atoms with E-state index in [1.54, 1.807) is 0 Å². The van der Waals surface area contributed by atoms with Gasteiger partial charge in [-0.1, -0.05) is 24.3 Å². The molecule has 0 atom stereocenters. The summed E-state index contributed by atoms with van der Waals surface area (Å²) in [5.41, 5.74) is 4.37.